The molecule has 0 fully saturated rings. The number of hydrogen-bond donors (Lipinski definition) is 1. The highest BCUT2D eigenvalue weighted by molar-refractivity contribution is 6.16. The molecule has 62 valence electrons. The second-order valence-electron chi connectivity index (χ2n) is 2.12. The van der Waals surface area contributed by atoms with E-state index in [1.54, 1.807) is 12.3 Å². The Balaban J connectivity index is 2.35. The highest BCUT2D eigenvalue weighted by atomic mass is 35.5. The molecule has 0 saturated carbocycles. The van der Waals surface area contributed by atoms with Gasteiger partial charge in [0.05, 0.1) is 5.88 Å². The summed E-state index contributed by atoms with van der Waals surface area (Å²) in [6, 6.07) is 1.74. The number of aromatic amines is 1. The SMILES string of the molecule is ClCc1noc(-c2ccn[nH]2)n1. The highest BCUT2D eigenvalue weighted by Gasteiger charge is 2.07. The summed E-state index contributed by atoms with van der Waals surface area (Å²) in [6.07, 6.45) is 1.61. The van der Waals surface area contributed by atoms with Gasteiger partial charge in [0.15, 0.2) is 5.82 Å². The van der Waals surface area contributed by atoms with Crippen LogP contribution in [0, 0.1) is 0 Å². The predicted octanol–water partition coefficient (Wildman–Crippen LogP) is 1.20. The highest BCUT2D eigenvalue weighted by Crippen LogP contribution is 2.13. The van der Waals surface area contributed by atoms with E-state index in [9.17, 15) is 0 Å². The molecule has 1 N–H and O–H groups in total. The number of aromatic nitrogens is 4. The average molecular weight is 185 g/mol. The van der Waals surface area contributed by atoms with Crippen LogP contribution in [0.4, 0.5) is 0 Å². The lowest BCUT2D eigenvalue weighted by Crippen LogP contribution is -1.80. The van der Waals surface area contributed by atoms with Gasteiger partial charge in [-0.1, -0.05) is 5.16 Å². The minimum Gasteiger partial charge on any atom is -0.332 e. The average Bonchev–Trinajstić information content (AvgIpc) is 2.75. The van der Waals surface area contributed by atoms with Gasteiger partial charge in [-0.15, -0.1) is 11.6 Å². The molecule has 0 aliphatic carbocycles. The molecular formula is C6H5ClN4O. The molecule has 2 heterocycles. The molecule has 0 bridgehead atoms. The molecule has 0 aliphatic rings. The zero-order valence-electron chi connectivity index (χ0n) is 5.99. The topological polar surface area (TPSA) is 67.6 Å². The first-order chi connectivity index (χ1) is 5.90. The van der Waals surface area contributed by atoms with Crippen molar-refractivity contribution >= 4 is 11.6 Å². The van der Waals surface area contributed by atoms with Gasteiger partial charge in [-0.25, -0.2) is 0 Å². The second-order valence-corrected chi connectivity index (χ2v) is 2.39. The summed E-state index contributed by atoms with van der Waals surface area (Å²) < 4.78 is 4.88. The van der Waals surface area contributed by atoms with E-state index in [2.05, 4.69) is 20.3 Å². The van der Waals surface area contributed by atoms with Crippen molar-refractivity contribution in [2.75, 3.05) is 0 Å². The molecule has 0 aliphatic heterocycles. The summed E-state index contributed by atoms with van der Waals surface area (Å²) in [4.78, 5) is 3.99. The summed E-state index contributed by atoms with van der Waals surface area (Å²) in [5.41, 5.74) is 0.693. The molecule has 12 heavy (non-hydrogen) atoms. The van der Waals surface area contributed by atoms with Gasteiger partial charge in [-0.2, -0.15) is 10.1 Å². The van der Waals surface area contributed by atoms with Gasteiger partial charge < -0.3 is 4.52 Å². The van der Waals surface area contributed by atoms with Crippen LogP contribution in [0.15, 0.2) is 16.8 Å². The Labute approximate surface area is 72.7 Å². The van der Waals surface area contributed by atoms with E-state index in [1.165, 1.54) is 0 Å². The molecule has 0 spiro atoms. The Kier molecular flexibility index (Phi) is 1.79. The van der Waals surface area contributed by atoms with Crippen LogP contribution in [0.25, 0.3) is 11.6 Å². The Hall–Kier alpha value is -1.36. The monoisotopic (exact) mass is 184 g/mol. The van der Waals surface area contributed by atoms with E-state index in [-0.39, 0.29) is 5.88 Å². The third-order valence-corrected chi connectivity index (χ3v) is 1.56. The number of hydrogen-bond acceptors (Lipinski definition) is 4. The van der Waals surface area contributed by atoms with Crippen LogP contribution in [0.5, 0.6) is 0 Å². The summed E-state index contributed by atoms with van der Waals surface area (Å²) in [7, 11) is 0. The first-order valence-corrected chi connectivity index (χ1v) is 3.82. The van der Waals surface area contributed by atoms with Crippen molar-refractivity contribution in [1.29, 1.82) is 0 Å². The summed E-state index contributed by atoms with van der Waals surface area (Å²) in [5, 5.41) is 10.1. The van der Waals surface area contributed by atoms with Crippen molar-refractivity contribution in [2.24, 2.45) is 0 Å². The molecule has 2 rings (SSSR count). The summed E-state index contributed by atoms with van der Waals surface area (Å²) in [6.45, 7) is 0. The van der Waals surface area contributed by atoms with Crippen molar-refractivity contribution in [2.45, 2.75) is 5.88 Å². The van der Waals surface area contributed by atoms with Crippen molar-refractivity contribution < 1.29 is 4.52 Å². The number of H-pyrrole nitrogens is 1. The summed E-state index contributed by atoms with van der Waals surface area (Å²) >= 11 is 5.49. The Morgan fingerprint density at radius 2 is 2.50 bits per heavy atom. The van der Waals surface area contributed by atoms with Crippen LogP contribution in [-0.4, -0.2) is 20.3 Å². The fourth-order valence-electron chi connectivity index (χ4n) is 0.793. The van der Waals surface area contributed by atoms with Crippen LogP contribution >= 0.6 is 11.6 Å². The fourth-order valence-corrected chi connectivity index (χ4v) is 0.901. The number of halogens is 1. The van der Waals surface area contributed by atoms with Crippen LogP contribution in [0.2, 0.25) is 0 Å². The molecule has 0 atom stereocenters. The van der Waals surface area contributed by atoms with Gasteiger partial charge in [0.2, 0.25) is 0 Å². The van der Waals surface area contributed by atoms with Crippen molar-refractivity contribution in [1.82, 2.24) is 20.3 Å². The molecular weight excluding hydrogens is 180 g/mol. The largest absolute Gasteiger partial charge is 0.332 e. The van der Waals surface area contributed by atoms with E-state index >= 15 is 0 Å². The van der Waals surface area contributed by atoms with Crippen molar-refractivity contribution in [3.8, 4) is 11.6 Å². The minimum absolute atomic E-state index is 0.248. The zero-order chi connectivity index (χ0) is 8.39. The lowest BCUT2D eigenvalue weighted by atomic mass is 10.4. The molecule has 2 aromatic rings. The van der Waals surface area contributed by atoms with E-state index in [4.69, 9.17) is 16.1 Å². The second kappa shape index (κ2) is 2.94. The zero-order valence-corrected chi connectivity index (χ0v) is 6.75. The maximum absolute atomic E-state index is 5.49. The molecule has 0 amide bonds. The van der Waals surface area contributed by atoms with Gasteiger partial charge in [0.25, 0.3) is 5.89 Å². The maximum Gasteiger partial charge on any atom is 0.275 e. The molecule has 0 saturated heterocycles. The molecule has 2 aromatic heterocycles. The van der Waals surface area contributed by atoms with Gasteiger partial charge in [-0.3, -0.25) is 5.10 Å². The first kappa shape index (κ1) is 7.30. The molecule has 6 heteroatoms. The normalized spacial score (nSPS) is 10.4. The lowest BCUT2D eigenvalue weighted by Gasteiger charge is -1.81. The summed E-state index contributed by atoms with van der Waals surface area (Å²) in [5.74, 6) is 1.13. The van der Waals surface area contributed by atoms with Gasteiger partial charge in [0.1, 0.15) is 5.69 Å². The van der Waals surface area contributed by atoms with Crippen LogP contribution < -0.4 is 0 Å². The van der Waals surface area contributed by atoms with E-state index in [0.29, 0.717) is 17.4 Å². The van der Waals surface area contributed by atoms with Crippen LogP contribution in [0.3, 0.4) is 0 Å². The van der Waals surface area contributed by atoms with E-state index < -0.39 is 0 Å². The standard InChI is InChI=1S/C6H5ClN4O/c7-3-5-9-6(12-11-5)4-1-2-8-10-4/h1-2H,3H2,(H,8,10). The Bertz CT molecular complexity index is 355. The van der Waals surface area contributed by atoms with E-state index in [1.807, 2.05) is 0 Å². The first-order valence-electron chi connectivity index (χ1n) is 3.28. The molecule has 5 nitrogen and oxygen atoms in total. The number of nitrogens with one attached hydrogen (secondary N) is 1. The number of rotatable bonds is 2. The smallest absolute Gasteiger partial charge is 0.275 e. The Morgan fingerprint density at radius 3 is 3.08 bits per heavy atom. The fraction of sp³-hybridized carbons (Fsp3) is 0.167. The van der Waals surface area contributed by atoms with Gasteiger partial charge >= 0.3 is 0 Å². The minimum atomic E-state index is 0.248. The van der Waals surface area contributed by atoms with Gasteiger partial charge in [-0.05, 0) is 6.07 Å². The molecule has 0 radical (unpaired) electrons. The van der Waals surface area contributed by atoms with Crippen LogP contribution in [0.1, 0.15) is 5.82 Å². The molecule has 0 aromatic carbocycles. The van der Waals surface area contributed by atoms with Gasteiger partial charge in [0, 0.05) is 6.20 Å². The predicted molar refractivity (Wildman–Crippen MR) is 41.4 cm³/mol. The van der Waals surface area contributed by atoms with Crippen molar-refractivity contribution in [3.05, 3.63) is 18.1 Å². The van der Waals surface area contributed by atoms with E-state index in [0.717, 1.165) is 0 Å². The van der Waals surface area contributed by atoms with Crippen molar-refractivity contribution in [3.63, 3.8) is 0 Å². The third kappa shape index (κ3) is 1.18. The quantitative estimate of drug-likeness (QED) is 0.713. The lowest BCUT2D eigenvalue weighted by molar-refractivity contribution is 0.423. The third-order valence-electron chi connectivity index (χ3n) is 1.32. The number of nitrogens with zero attached hydrogens (tertiary/aromatic N) is 3. The van der Waals surface area contributed by atoms with Crippen LogP contribution in [-0.2, 0) is 5.88 Å². The molecule has 0 unspecified atom stereocenters. The number of alkyl halides is 1. The maximum atomic E-state index is 5.49. The Morgan fingerprint density at radius 1 is 1.58 bits per heavy atom.